The first-order valence-corrected chi connectivity index (χ1v) is 5.87. The monoisotopic (exact) mass is 255 g/mol. The first kappa shape index (κ1) is 11.0. The van der Waals surface area contributed by atoms with E-state index in [4.69, 9.17) is 17.3 Å². The predicted octanol–water partition coefficient (Wildman–Crippen LogP) is 3.53. The molecule has 3 rings (SSSR count). The van der Waals surface area contributed by atoms with Crippen LogP contribution in [0.2, 0.25) is 5.02 Å². The van der Waals surface area contributed by atoms with Crippen LogP contribution in [0.4, 0.5) is 5.69 Å². The maximum atomic E-state index is 6.16. The molecule has 3 nitrogen and oxygen atoms in total. The fourth-order valence-corrected chi connectivity index (χ4v) is 2.17. The molecule has 0 saturated heterocycles. The second-order valence-electron chi connectivity index (χ2n) is 4.00. The molecule has 0 spiro atoms. The number of anilines is 1. The van der Waals surface area contributed by atoms with Gasteiger partial charge in [-0.05, 0) is 24.3 Å². The number of hydrogen-bond donors (Lipinski definition) is 1. The van der Waals surface area contributed by atoms with Crippen molar-refractivity contribution in [3.63, 3.8) is 0 Å². The topological polar surface area (TPSA) is 51.8 Å². The summed E-state index contributed by atoms with van der Waals surface area (Å²) in [6, 6.07) is 9.51. The highest BCUT2D eigenvalue weighted by Crippen LogP contribution is 2.31. The molecule has 2 heterocycles. The van der Waals surface area contributed by atoms with E-state index in [0.717, 1.165) is 22.0 Å². The van der Waals surface area contributed by atoms with Crippen LogP contribution in [-0.2, 0) is 0 Å². The molecule has 0 unspecified atom stereocenters. The first-order valence-electron chi connectivity index (χ1n) is 5.50. The van der Waals surface area contributed by atoms with Crippen molar-refractivity contribution in [3.05, 3.63) is 53.9 Å². The van der Waals surface area contributed by atoms with E-state index in [0.29, 0.717) is 10.7 Å². The normalized spacial score (nSPS) is 10.7. The number of rotatable bonds is 1. The average molecular weight is 256 g/mol. The SMILES string of the molecule is Nc1ccc2c(-c3ccncc3)ncc(Cl)c2c1. The molecule has 18 heavy (non-hydrogen) atoms. The predicted molar refractivity (Wildman–Crippen MR) is 74.4 cm³/mol. The molecular formula is C14H10ClN3. The fourth-order valence-electron chi connectivity index (χ4n) is 1.97. The minimum absolute atomic E-state index is 0.607. The van der Waals surface area contributed by atoms with E-state index in [2.05, 4.69) is 9.97 Å². The smallest absolute Gasteiger partial charge is 0.0782 e. The molecule has 0 atom stereocenters. The molecule has 0 aliphatic rings. The molecule has 88 valence electrons. The highest BCUT2D eigenvalue weighted by atomic mass is 35.5. The Morgan fingerprint density at radius 3 is 2.56 bits per heavy atom. The summed E-state index contributed by atoms with van der Waals surface area (Å²) >= 11 is 6.16. The van der Waals surface area contributed by atoms with Crippen molar-refractivity contribution in [2.75, 3.05) is 5.73 Å². The van der Waals surface area contributed by atoms with Crippen molar-refractivity contribution in [1.82, 2.24) is 9.97 Å². The Bertz CT molecular complexity index is 711. The van der Waals surface area contributed by atoms with Gasteiger partial charge >= 0.3 is 0 Å². The van der Waals surface area contributed by atoms with Crippen molar-refractivity contribution in [2.45, 2.75) is 0 Å². The van der Waals surface area contributed by atoms with Gasteiger partial charge in [-0.25, -0.2) is 0 Å². The Balaban J connectivity index is 2.35. The van der Waals surface area contributed by atoms with Crippen molar-refractivity contribution >= 4 is 28.1 Å². The maximum absolute atomic E-state index is 6.16. The lowest BCUT2D eigenvalue weighted by Gasteiger charge is -2.07. The van der Waals surface area contributed by atoms with Gasteiger partial charge in [-0.2, -0.15) is 0 Å². The van der Waals surface area contributed by atoms with E-state index in [1.54, 1.807) is 18.6 Å². The number of fused-ring (bicyclic) bond motifs is 1. The van der Waals surface area contributed by atoms with Gasteiger partial charge in [0.1, 0.15) is 0 Å². The number of nitrogen functional groups attached to an aromatic ring is 1. The second kappa shape index (κ2) is 4.27. The summed E-state index contributed by atoms with van der Waals surface area (Å²) < 4.78 is 0. The van der Waals surface area contributed by atoms with Crippen molar-refractivity contribution in [2.24, 2.45) is 0 Å². The van der Waals surface area contributed by atoms with Crippen LogP contribution in [0, 0.1) is 0 Å². The van der Waals surface area contributed by atoms with Crippen molar-refractivity contribution < 1.29 is 0 Å². The van der Waals surface area contributed by atoms with Crippen LogP contribution in [-0.4, -0.2) is 9.97 Å². The molecule has 0 fully saturated rings. The van der Waals surface area contributed by atoms with Crippen LogP contribution in [0.3, 0.4) is 0 Å². The van der Waals surface area contributed by atoms with E-state index in [1.165, 1.54) is 0 Å². The lowest BCUT2D eigenvalue weighted by molar-refractivity contribution is 1.30. The quantitative estimate of drug-likeness (QED) is 0.677. The molecule has 0 bridgehead atoms. The van der Waals surface area contributed by atoms with E-state index in [-0.39, 0.29) is 0 Å². The molecule has 0 saturated carbocycles. The van der Waals surface area contributed by atoms with Crippen LogP contribution in [0.5, 0.6) is 0 Å². The number of halogens is 1. The zero-order valence-electron chi connectivity index (χ0n) is 9.47. The third-order valence-electron chi connectivity index (χ3n) is 2.82. The largest absolute Gasteiger partial charge is 0.399 e. The lowest BCUT2D eigenvalue weighted by atomic mass is 10.0. The van der Waals surface area contributed by atoms with Crippen LogP contribution < -0.4 is 5.73 Å². The summed E-state index contributed by atoms with van der Waals surface area (Å²) in [6.07, 6.45) is 5.14. The molecule has 0 aliphatic carbocycles. The summed E-state index contributed by atoms with van der Waals surface area (Å²) in [7, 11) is 0. The highest BCUT2D eigenvalue weighted by molar-refractivity contribution is 6.35. The molecular weight excluding hydrogens is 246 g/mol. The standard InChI is InChI=1S/C14H10ClN3/c15-13-8-18-14(9-3-5-17-6-4-9)11-2-1-10(16)7-12(11)13/h1-8H,16H2. The summed E-state index contributed by atoms with van der Waals surface area (Å²) in [5.41, 5.74) is 8.38. The van der Waals surface area contributed by atoms with Crippen LogP contribution >= 0.6 is 11.6 Å². The van der Waals surface area contributed by atoms with Crippen LogP contribution in [0.1, 0.15) is 0 Å². The minimum atomic E-state index is 0.607. The van der Waals surface area contributed by atoms with E-state index >= 15 is 0 Å². The molecule has 4 heteroatoms. The number of benzene rings is 1. The fraction of sp³-hybridized carbons (Fsp3) is 0. The third kappa shape index (κ3) is 1.79. The van der Waals surface area contributed by atoms with Gasteiger partial charge in [-0.3, -0.25) is 9.97 Å². The van der Waals surface area contributed by atoms with Gasteiger partial charge in [-0.15, -0.1) is 0 Å². The van der Waals surface area contributed by atoms with Gasteiger partial charge in [0, 0.05) is 40.6 Å². The zero-order chi connectivity index (χ0) is 12.5. The van der Waals surface area contributed by atoms with Crippen molar-refractivity contribution in [1.29, 1.82) is 0 Å². The highest BCUT2D eigenvalue weighted by Gasteiger charge is 2.08. The summed E-state index contributed by atoms with van der Waals surface area (Å²) in [5, 5.41) is 2.51. The molecule has 0 aliphatic heterocycles. The summed E-state index contributed by atoms with van der Waals surface area (Å²) in [4.78, 5) is 8.41. The molecule has 0 radical (unpaired) electrons. The van der Waals surface area contributed by atoms with Gasteiger partial charge < -0.3 is 5.73 Å². The Labute approximate surface area is 109 Å². The Morgan fingerprint density at radius 2 is 1.78 bits per heavy atom. The average Bonchev–Trinajstić information content (AvgIpc) is 2.41. The van der Waals surface area contributed by atoms with Crippen molar-refractivity contribution in [3.8, 4) is 11.3 Å². The van der Waals surface area contributed by atoms with Crippen LogP contribution in [0.15, 0.2) is 48.9 Å². The number of aromatic nitrogens is 2. The number of nitrogens with zero attached hydrogens (tertiary/aromatic N) is 2. The van der Waals surface area contributed by atoms with E-state index < -0.39 is 0 Å². The molecule has 2 aromatic heterocycles. The van der Waals surface area contributed by atoms with Gasteiger partial charge in [0.05, 0.1) is 10.7 Å². The Kier molecular flexibility index (Phi) is 2.61. The van der Waals surface area contributed by atoms with Gasteiger partial charge in [0.25, 0.3) is 0 Å². The van der Waals surface area contributed by atoms with Gasteiger partial charge in [0.15, 0.2) is 0 Å². The second-order valence-corrected chi connectivity index (χ2v) is 4.40. The van der Waals surface area contributed by atoms with E-state index in [9.17, 15) is 0 Å². The molecule has 3 aromatic rings. The molecule has 1 aromatic carbocycles. The van der Waals surface area contributed by atoms with E-state index in [1.807, 2.05) is 30.3 Å². The van der Waals surface area contributed by atoms with Gasteiger partial charge in [-0.1, -0.05) is 17.7 Å². The summed E-state index contributed by atoms with van der Waals surface area (Å²) in [6.45, 7) is 0. The third-order valence-corrected chi connectivity index (χ3v) is 3.12. The first-order chi connectivity index (χ1) is 8.75. The zero-order valence-corrected chi connectivity index (χ0v) is 10.2. The van der Waals surface area contributed by atoms with Gasteiger partial charge in [0.2, 0.25) is 0 Å². The molecule has 2 N–H and O–H groups in total. The minimum Gasteiger partial charge on any atom is -0.399 e. The summed E-state index contributed by atoms with van der Waals surface area (Å²) in [5.74, 6) is 0. The lowest BCUT2D eigenvalue weighted by Crippen LogP contribution is -1.90. The maximum Gasteiger partial charge on any atom is 0.0782 e. The number of hydrogen-bond acceptors (Lipinski definition) is 3. The number of pyridine rings is 2. The Hall–Kier alpha value is -2.13. The van der Waals surface area contributed by atoms with Crippen LogP contribution in [0.25, 0.3) is 22.0 Å². The molecule has 0 amide bonds. The number of nitrogens with two attached hydrogens (primary N) is 1. The Morgan fingerprint density at radius 1 is 1.00 bits per heavy atom.